The van der Waals surface area contributed by atoms with Crippen LogP contribution in [0.1, 0.15) is 0 Å². The van der Waals surface area contributed by atoms with Crippen molar-refractivity contribution in [3.63, 3.8) is 0 Å². The van der Waals surface area contributed by atoms with Crippen molar-refractivity contribution < 1.29 is 9.18 Å². The van der Waals surface area contributed by atoms with Crippen LogP contribution in [0.25, 0.3) is 22.3 Å². The Morgan fingerprint density at radius 3 is 2.54 bits per heavy atom. The van der Waals surface area contributed by atoms with Gasteiger partial charge in [-0.3, -0.25) is 14.2 Å². The first-order valence-corrected chi connectivity index (χ1v) is 8.42. The zero-order valence-corrected chi connectivity index (χ0v) is 14.5. The van der Waals surface area contributed by atoms with Gasteiger partial charge in [-0.1, -0.05) is 30.3 Å². The summed E-state index contributed by atoms with van der Waals surface area (Å²) in [7, 11) is 0. The van der Waals surface area contributed by atoms with Crippen molar-refractivity contribution in [3.05, 3.63) is 83.4 Å². The molecule has 2 aromatic carbocycles. The second kappa shape index (κ2) is 7.36. The van der Waals surface area contributed by atoms with Crippen molar-refractivity contribution in [1.29, 1.82) is 0 Å². The second-order valence-corrected chi connectivity index (χ2v) is 6.05. The van der Waals surface area contributed by atoms with Gasteiger partial charge < -0.3 is 5.32 Å². The maximum absolute atomic E-state index is 13.4. The van der Waals surface area contributed by atoms with Gasteiger partial charge in [0.1, 0.15) is 12.4 Å². The summed E-state index contributed by atoms with van der Waals surface area (Å²) in [5.74, 6) is -0.449. The van der Waals surface area contributed by atoms with Gasteiger partial charge >= 0.3 is 0 Å². The summed E-state index contributed by atoms with van der Waals surface area (Å²) >= 11 is 0. The van der Waals surface area contributed by atoms with E-state index in [2.05, 4.69) is 20.3 Å². The van der Waals surface area contributed by atoms with Crippen molar-refractivity contribution >= 4 is 22.5 Å². The van der Waals surface area contributed by atoms with Gasteiger partial charge in [0.05, 0.1) is 35.3 Å². The van der Waals surface area contributed by atoms with Crippen LogP contribution in [0.4, 0.5) is 10.1 Å². The summed E-state index contributed by atoms with van der Waals surface area (Å²) in [5, 5.41) is 2.75. The molecule has 1 amide bonds. The van der Waals surface area contributed by atoms with E-state index in [4.69, 9.17) is 0 Å². The van der Waals surface area contributed by atoms with Gasteiger partial charge in [0.2, 0.25) is 5.91 Å². The Hall–Kier alpha value is -3.94. The third-order valence-corrected chi connectivity index (χ3v) is 4.07. The average molecular weight is 375 g/mol. The van der Waals surface area contributed by atoms with Gasteiger partial charge in [0.25, 0.3) is 5.56 Å². The summed E-state index contributed by atoms with van der Waals surface area (Å²) in [6, 6.07) is 13.2. The predicted octanol–water partition coefficient (Wildman–Crippen LogP) is 2.63. The molecule has 0 fully saturated rings. The quantitative estimate of drug-likeness (QED) is 0.592. The third kappa shape index (κ3) is 3.61. The lowest BCUT2D eigenvalue weighted by atomic mass is 10.2. The summed E-state index contributed by atoms with van der Waals surface area (Å²) in [6.07, 6.45) is 4.24. The van der Waals surface area contributed by atoms with Gasteiger partial charge in [0, 0.05) is 5.56 Å². The first-order chi connectivity index (χ1) is 13.6. The van der Waals surface area contributed by atoms with Gasteiger partial charge in [-0.25, -0.2) is 19.3 Å². The molecule has 0 saturated carbocycles. The number of hydrogen-bond acceptors (Lipinski definition) is 5. The van der Waals surface area contributed by atoms with Crippen LogP contribution in [-0.2, 0) is 11.3 Å². The highest BCUT2D eigenvalue weighted by atomic mass is 19.1. The molecule has 0 saturated heterocycles. The molecular weight excluding hydrogens is 361 g/mol. The minimum absolute atomic E-state index is 0.117. The molecule has 1 N–H and O–H groups in total. The van der Waals surface area contributed by atoms with E-state index in [0.29, 0.717) is 17.0 Å². The molecule has 8 heteroatoms. The van der Waals surface area contributed by atoms with Crippen molar-refractivity contribution in [2.45, 2.75) is 6.54 Å². The van der Waals surface area contributed by atoms with Crippen LogP contribution >= 0.6 is 0 Å². The molecule has 0 atom stereocenters. The smallest absolute Gasteiger partial charge is 0.261 e. The Balaban J connectivity index is 1.49. The number of aromatic nitrogens is 4. The van der Waals surface area contributed by atoms with Crippen LogP contribution in [0.15, 0.2) is 72.0 Å². The summed E-state index contributed by atoms with van der Waals surface area (Å²) in [4.78, 5) is 37.2. The van der Waals surface area contributed by atoms with E-state index in [1.165, 1.54) is 30.9 Å². The number of amides is 1. The second-order valence-electron chi connectivity index (χ2n) is 6.05. The number of anilines is 1. The molecule has 4 rings (SSSR count). The molecule has 0 aliphatic carbocycles. The first-order valence-electron chi connectivity index (χ1n) is 8.42. The third-order valence-electron chi connectivity index (χ3n) is 4.07. The number of nitrogens with one attached hydrogen (secondary N) is 1. The Labute approximate surface area is 158 Å². The van der Waals surface area contributed by atoms with Gasteiger partial charge in [-0.2, -0.15) is 0 Å². The number of carbonyl (C=O) groups is 1. The number of fused-ring (bicyclic) bond motifs is 1. The van der Waals surface area contributed by atoms with Gasteiger partial charge in [-0.15, -0.1) is 0 Å². The van der Waals surface area contributed by atoms with E-state index in [1.54, 1.807) is 0 Å². The van der Waals surface area contributed by atoms with Crippen molar-refractivity contribution in [2.24, 2.45) is 0 Å². The summed E-state index contributed by atoms with van der Waals surface area (Å²) < 4.78 is 14.5. The Morgan fingerprint density at radius 1 is 1.04 bits per heavy atom. The van der Waals surface area contributed by atoms with E-state index in [0.717, 1.165) is 16.2 Å². The lowest BCUT2D eigenvalue weighted by Crippen LogP contribution is -2.28. The van der Waals surface area contributed by atoms with Crippen LogP contribution < -0.4 is 10.9 Å². The van der Waals surface area contributed by atoms with Gasteiger partial charge in [0.15, 0.2) is 5.82 Å². The van der Waals surface area contributed by atoms with Crippen LogP contribution in [0.3, 0.4) is 0 Å². The summed E-state index contributed by atoms with van der Waals surface area (Å²) in [6.45, 7) is -0.265. The molecule has 0 radical (unpaired) electrons. The lowest BCUT2D eigenvalue weighted by molar-refractivity contribution is -0.116. The molecule has 2 heterocycles. The Bertz CT molecular complexity index is 1210. The molecule has 0 spiro atoms. The average Bonchev–Trinajstić information content (AvgIpc) is 2.72. The van der Waals surface area contributed by atoms with Gasteiger partial charge in [-0.05, 0) is 18.2 Å². The minimum atomic E-state index is -0.538. The molecule has 0 unspecified atom stereocenters. The molecule has 2 aromatic heterocycles. The van der Waals surface area contributed by atoms with E-state index in [9.17, 15) is 14.0 Å². The van der Waals surface area contributed by atoms with Crippen molar-refractivity contribution in [3.8, 4) is 11.4 Å². The minimum Gasteiger partial charge on any atom is -0.322 e. The number of hydrogen-bond donors (Lipinski definition) is 1. The van der Waals surface area contributed by atoms with Crippen LogP contribution in [0.2, 0.25) is 0 Å². The molecule has 28 heavy (non-hydrogen) atoms. The first kappa shape index (κ1) is 17.5. The molecule has 0 bridgehead atoms. The van der Waals surface area contributed by atoms with Crippen LogP contribution in [-0.4, -0.2) is 25.4 Å². The molecule has 4 aromatic rings. The zero-order chi connectivity index (χ0) is 19.5. The van der Waals surface area contributed by atoms with Crippen LogP contribution in [0.5, 0.6) is 0 Å². The Morgan fingerprint density at radius 2 is 1.79 bits per heavy atom. The predicted molar refractivity (Wildman–Crippen MR) is 102 cm³/mol. The number of carbonyl (C=O) groups excluding carboxylic acids is 1. The maximum atomic E-state index is 13.4. The fourth-order valence-electron chi connectivity index (χ4n) is 2.73. The van der Waals surface area contributed by atoms with Crippen molar-refractivity contribution in [2.75, 3.05) is 5.32 Å². The molecule has 7 nitrogen and oxygen atoms in total. The fourth-order valence-corrected chi connectivity index (χ4v) is 2.73. The standard InChI is InChI=1S/C20H14FN5O2/c21-14-6-7-17-16(8-14)20(28)26(12-24-17)11-18(27)25-15-9-22-19(23-10-15)13-4-2-1-3-5-13/h1-10,12H,11H2,(H,25,27). The number of nitrogens with zero attached hydrogens (tertiary/aromatic N) is 4. The normalized spacial score (nSPS) is 10.8. The van der Waals surface area contributed by atoms with E-state index in [1.807, 2.05) is 30.3 Å². The number of rotatable bonds is 4. The maximum Gasteiger partial charge on any atom is 0.261 e. The molecule has 0 aliphatic rings. The fraction of sp³-hybridized carbons (Fsp3) is 0.0500. The van der Waals surface area contributed by atoms with Crippen LogP contribution in [0, 0.1) is 5.82 Å². The van der Waals surface area contributed by atoms with E-state index in [-0.39, 0.29) is 11.9 Å². The molecule has 0 aliphatic heterocycles. The summed E-state index contributed by atoms with van der Waals surface area (Å²) in [5.41, 5.74) is 1.14. The number of halogens is 1. The molecular formula is C20H14FN5O2. The van der Waals surface area contributed by atoms with Crippen molar-refractivity contribution in [1.82, 2.24) is 19.5 Å². The lowest BCUT2D eigenvalue weighted by Gasteiger charge is -2.08. The van der Waals surface area contributed by atoms with E-state index < -0.39 is 17.3 Å². The zero-order valence-electron chi connectivity index (χ0n) is 14.5. The number of benzene rings is 2. The highest BCUT2D eigenvalue weighted by molar-refractivity contribution is 5.90. The highest BCUT2D eigenvalue weighted by Gasteiger charge is 2.10. The highest BCUT2D eigenvalue weighted by Crippen LogP contribution is 2.15. The monoisotopic (exact) mass is 375 g/mol. The topological polar surface area (TPSA) is 89.8 Å². The Kier molecular flexibility index (Phi) is 4.59. The molecule has 138 valence electrons. The van der Waals surface area contributed by atoms with E-state index >= 15 is 0 Å². The SMILES string of the molecule is O=C(Cn1cnc2ccc(F)cc2c1=O)Nc1cnc(-c2ccccc2)nc1. The largest absolute Gasteiger partial charge is 0.322 e.